The van der Waals surface area contributed by atoms with E-state index in [1.54, 1.807) is 10.7 Å². The summed E-state index contributed by atoms with van der Waals surface area (Å²) >= 11 is 0. The molecule has 0 unspecified atom stereocenters. The normalized spacial score (nSPS) is 14.0. The molecule has 5 nitrogen and oxygen atoms in total. The molecule has 3 rings (SSSR count). The molecular formula is C16H19N3O2. The Morgan fingerprint density at radius 1 is 1.38 bits per heavy atom. The third kappa shape index (κ3) is 2.63. The fourth-order valence-corrected chi connectivity index (χ4v) is 2.93. The molecule has 1 aliphatic rings. The highest BCUT2D eigenvalue weighted by atomic mass is 16.4. The fraction of sp³-hybridized carbons (Fsp3) is 0.375. The van der Waals surface area contributed by atoms with Crippen LogP contribution in [0.5, 0.6) is 0 Å². The third-order valence-corrected chi connectivity index (χ3v) is 3.94. The van der Waals surface area contributed by atoms with Gasteiger partial charge in [-0.1, -0.05) is 18.2 Å². The molecule has 0 amide bonds. The van der Waals surface area contributed by atoms with E-state index in [0.717, 1.165) is 25.1 Å². The van der Waals surface area contributed by atoms with Crippen LogP contribution in [0.1, 0.15) is 35.1 Å². The first kappa shape index (κ1) is 13.7. The van der Waals surface area contributed by atoms with Gasteiger partial charge in [-0.2, -0.15) is 5.10 Å². The number of carboxylic acids is 1. The first-order valence-corrected chi connectivity index (χ1v) is 7.32. The van der Waals surface area contributed by atoms with E-state index in [1.807, 2.05) is 6.92 Å². The Bertz CT molecular complexity index is 663. The van der Waals surface area contributed by atoms with Crippen molar-refractivity contribution in [2.75, 3.05) is 11.4 Å². The van der Waals surface area contributed by atoms with Crippen molar-refractivity contribution in [3.63, 3.8) is 0 Å². The first-order chi connectivity index (χ1) is 10.2. The van der Waals surface area contributed by atoms with Crippen LogP contribution in [0.25, 0.3) is 0 Å². The van der Waals surface area contributed by atoms with Gasteiger partial charge in [0.2, 0.25) is 0 Å². The predicted octanol–water partition coefficient (Wildman–Crippen LogP) is 2.55. The SMILES string of the molecule is CCn1nc(C(=O)O)cc1CN1CCCc2ccccc21. The molecule has 1 aliphatic heterocycles. The second-order valence-corrected chi connectivity index (χ2v) is 5.30. The van der Waals surface area contributed by atoms with Gasteiger partial charge in [-0.15, -0.1) is 0 Å². The Hall–Kier alpha value is -2.30. The highest BCUT2D eigenvalue weighted by Gasteiger charge is 2.19. The number of para-hydroxylation sites is 1. The van der Waals surface area contributed by atoms with E-state index < -0.39 is 5.97 Å². The molecule has 21 heavy (non-hydrogen) atoms. The molecule has 2 aromatic rings. The van der Waals surface area contributed by atoms with E-state index in [1.165, 1.54) is 11.3 Å². The van der Waals surface area contributed by atoms with Crippen molar-refractivity contribution in [3.05, 3.63) is 47.3 Å². The minimum Gasteiger partial charge on any atom is -0.476 e. The molecule has 0 saturated carbocycles. The highest BCUT2D eigenvalue weighted by molar-refractivity contribution is 5.85. The number of benzene rings is 1. The molecule has 5 heteroatoms. The monoisotopic (exact) mass is 285 g/mol. The van der Waals surface area contributed by atoms with E-state index in [0.29, 0.717) is 13.1 Å². The van der Waals surface area contributed by atoms with Gasteiger partial charge in [-0.05, 0) is 37.5 Å². The number of aromatic nitrogens is 2. The first-order valence-electron chi connectivity index (χ1n) is 7.32. The lowest BCUT2D eigenvalue weighted by Crippen LogP contribution is -2.29. The molecule has 0 atom stereocenters. The van der Waals surface area contributed by atoms with E-state index in [4.69, 9.17) is 5.11 Å². The van der Waals surface area contributed by atoms with Crippen molar-refractivity contribution in [2.45, 2.75) is 32.9 Å². The summed E-state index contributed by atoms with van der Waals surface area (Å²) in [5.41, 5.74) is 3.69. The zero-order valence-electron chi connectivity index (χ0n) is 12.1. The minimum absolute atomic E-state index is 0.122. The molecule has 1 aromatic carbocycles. The van der Waals surface area contributed by atoms with Crippen molar-refractivity contribution in [3.8, 4) is 0 Å². The van der Waals surface area contributed by atoms with Crippen molar-refractivity contribution in [1.82, 2.24) is 9.78 Å². The van der Waals surface area contributed by atoms with E-state index in [2.05, 4.69) is 34.3 Å². The summed E-state index contributed by atoms with van der Waals surface area (Å²) < 4.78 is 1.78. The number of hydrogen-bond acceptors (Lipinski definition) is 3. The summed E-state index contributed by atoms with van der Waals surface area (Å²) in [6, 6.07) is 10.1. The van der Waals surface area contributed by atoms with Gasteiger partial charge in [0.1, 0.15) is 0 Å². The highest BCUT2D eigenvalue weighted by Crippen LogP contribution is 2.28. The fourth-order valence-electron chi connectivity index (χ4n) is 2.93. The maximum atomic E-state index is 11.1. The number of hydrogen-bond donors (Lipinski definition) is 1. The summed E-state index contributed by atoms with van der Waals surface area (Å²) in [5, 5.41) is 13.2. The number of aryl methyl sites for hydroxylation is 2. The molecule has 1 aromatic heterocycles. The zero-order chi connectivity index (χ0) is 14.8. The van der Waals surface area contributed by atoms with Crippen molar-refractivity contribution in [2.24, 2.45) is 0 Å². The van der Waals surface area contributed by atoms with Gasteiger partial charge in [0.05, 0.1) is 12.2 Å². The van der Waals surface area contributed by atoms with E-state index in [-0.39, 0.29) is 5.69 Å². The van der Waals surface area contributed by atoms with Crippen LogP contribution in [0.3, 0.4) is 0 Å². The number of anilines is 1. The third-order valence-electron chi connectivity index (χ3n) is 3.94. The molecule has 0 fully saturated rings. The molecular weight excluding hydrogens is 266 g/mol. The standard InChI is InChI=1S/C16H19N3O2/c1-2-19-13(10-14(17-19)16(20)21)11-18-9-5-7-12-6-3-4-8-15(12)18/h3-4,6,8,10H,2,5,7,9,11H2,1H3,(H,20,21). The summed E-state index contributed by atoms with van der Waals surface area (Å²) in [6.45, 7) is 4.35. The van der Waals surface area contributed by atoms with Gasteiger partial charge in [0.25, 0.3) is 0 Å². The number of carbonyl (C=O) groups is 1. The topological polar surface area (TPSA) is 58.4 Å². The van der Waals surface area contributed by atoms with Crippen LogP contribution in [-0.2, 0) is 19.5 Å². The van der Waals surface area contributed by atoms with Crippen LogP contribution in [0.4, 0.5) is 5.69 Å². The molecule has 110 valence electrons. The van der Waals surface area contributed by atoms with Gasteiger partial charge in [0, 0.05) is 18.8 Å². The average Bonchev–Trinajstić information content (AvgIpc) is 2.91. The van der Waals surface area contributed by atoms with E-state index >= 15 is 0 Å². The lowest BCUT2D eigenvalue weighted by molar-refractivity contribution is 0.0689. The largest absolute Gasteiger partial charge is 0.476 e. The van der Waals surface area contributed by atoms with Crippen LogP contribution < -0.4 is 4.90 Å². The molecule has 0 bridgehead atoms. The minimum atomic E-state index is -0.970. The van der Waals surface area contributed by atoms with Gasteiger partial charge in [-0.25, -0.2) is 4.79 Å². The van der Waals surface area contributed by atoms with Gasteiger partial charge < -0.3 is 10.0 Å². The number of aromatic carboxylic acids is 1. The molecule has 1 N–H and O–H groups in total. The Kier molecular flexibility index (Phi) is 3.64. The molecule has 0 aliphatic carbocycles. The molecule has 0 radical (unpaired) electrons. The number of nitrogens with zero attached hydrogens (tertiary/aromatic N) is 3. The van der Waals surface area contributed by atoms with Gasteiger partial charge in [-0.3, -0.25) is 4.68 Å². The van der Waals surface area contributed by atoms with E-state index in [9.17, 15) is 4.79 Å². The Balaban J connectivity index is 1.89. The molecule has 0 spiro atoms. The molecule has 0 saturated heterocycles. The number of rotatable bonds is 4. The van der Waals surface area contributed by atoms with Crippen LogP contribution in [-0.4, -0.2) is 27.4 Å². The maximum Gasteiger partial charge on any atom is 0.356 e. The van der Waals surface area contributed by atoms with Gasteiger partial charge in [0.15, 0.2) is 5.69 Å². The average molecular weight is 285 g/mol. The Labute approximate surface area is 123 Å². The summed E-state index contributed by atoms with van der Waals surface area (Å²) in [4.78, 5) is 13.4. The lowest BCUT2D eigenvalue weighted by Gasteiger charge is -2.31. The van der Waals surface area contributed by atoms with Crippen LogP contribution in [0.15, 0.2) is 30.3 Å². The van der Waals surface area contributed by atoms with Crippen molar-refractivity contribution >= 4 is 11.7 Å². The van der Waals surface area contributed by atoms with Gasteiger partial charge >= 0.3 is 5.97 Å². The molecule has 2 heterocycles. The smallest absolute Gasteiger partial charge is 0.356 e. The second-order valence-electron chi connectivity index (χ2n) is 5.30. The quantitative estimate of drug-likeness (QED) is 0.938. The number of fused-ring (bicyclic) bond motifs is 1. The lowest BCUT2D eigenvalue weighted by atomic mass is 10.0. The van der Waals surface area contributed by atoms with Crippen LogP contribution >= 0.6 is 0 Å². The van der Waals surface area contributed by atoms with Crippen LogP contribution in [0, 0.1) is 0 Å². The predicted molar refractivity (Wildman–Crippen MR) is 80.7 cm³/mol. The zero-order valence-corrected chi connectivity index (χ0v) is 12.1. The van der Waals surface area contributed by atoms with Crippen molar-refractivity contribution < 1.29 is 9.90 Å². The summed E-state index contributed by atoms with van der Waals surface area (Å²) in [5.74, 6) is -0.970. The van der Waals surface area contributed by atoms with Crippen molar-refractivity contribution in [1.29, 1.82) is 0 Å². The summed E-state index contributed by atoms with van der Waals surface area (Å²) in [7, 11) is 0. The van der Waals surface area contributed by atoms with Crippen LogP contribution in [0.2, 0.25) is 0 Å². The Morgan fingerprint density at radius 2 is 2.19 bits per heavy atom. The summed E-state index contributed by atoms with van der Waals surface area (Å²) in [6.07, 6.45) is 2.24. The number of carboxylic acid groups (broad SMARTS) is 1. The Morgan fingerprint density at radius 3 is 2.95 bits per heavy atom. The maximum absolute atomic E-state index is 11.1. The second kappa shape index (κ2) is 5.60.